The number of thiol groups is 1. The third-order valence-electron chi connectivity index (χ3n) is 5.08. The van der Waals surface area contributed by atoms with E-state index >= 15 is 0 Å². The van der Waals surface area contributed by atoms with Crippen molar-refractivity contribution in [3.63, 3.8) is 0 Å². The summed E-state index contributed by atoms with van der Waals surface area (Å²) in [5, 5.41) is 12.5. The SMILES string of the molecule is O=C(N[C@H]1CCCSC2CCC[C@@H](C(=O)O)N21)[C@@H](S)Cc1ccccc1. The number of rotatable bonds is 5. The zero-order valence-electron chi connectivity index (χ0n) is 14.7. The molecule has 1 aromatic carbocycles. The highest BCUT2D eigenvalue weighted by molar-refractivity contribution is 7.99. The van der Waals surface area contributed by atoms with Gasteiger partial charge in [0.1, 0.15) is 6.04 Å². The number of thioether (sulfide) groups is 1. The smallest absolute Gasteiger partial charge is 0.321 e. The summed E-state index contributed by atoms with van der Waals surface area (Å²) in [4.78, 5) is 26.5. The predicted molar refractivity (Wildman–Crippen MR) is 107 cm³/mol. The second-order valence-corrected chi connectivity index (χ2v) is 8.84. The van der Waals surface area contributed by atoms with Crippen LogP contribution in [0.15, 0.2) is 30.3 Å². The van der Waals surface area contributed by atoms with E-state index in [-0.39, 0.29) is 17.4 Å². The molecule has 1 amide bonds. The number of carbonyl (C=O) groups is 2. The van der Waals surface area contributed by atoms with E-state index in [4.69, 9.17) is 0 Å². The van der Waals surface area contributed by atoms with Gasteiger partial charge in [0.15, 0.2) is 0 Å². The van der Waals surface area contributed by atoms with Crippen molar-refractivity contribution in [2.24, 2.45) is 0 Å². The van der Waals surface area contributed by atoms with Crippen LogP contribution in [-0.2, 0) is 16.0 Å². The highest BCUT2D eigenvalue weighted by Gasteiger charge is 2.41. The van der Waals surface area contributed by atoms with Crippen LogP contribution in [0.5, 0.6) is 0 Å². The Hall–Kier alpha value is -1.18. The minimum atomic E-state index is -0.789. The van der Waals surface area contributed by atoms with Gasteiger partial charge in [-0.15, -0.1) is 11.8 Å². The van der Waals surface area contributed by atoms with Crippen molar-refractivity contribution in [1.29, 1.82) is 0 Å². The molecular weight excluding hydrogens is 368 g/mol. The monoisotopic (exact) mass is 394 g/mol. The molecule has 7 heteroatoms. The fraction of sp³-hybridized carbons (Fsp3) is 0.579. The Balaban J connectivity index is 1.69. The summed E-state index contributed by atoms with van der Waals surface area (Å²) in [6.07, 6.45) is 4.64. The molecule has 0 saturated carbocycles. The lowest BCUT2D eigenvalue weighted by atomic mass is 10.00. The highest BCUT2D eigenvalue weighted by atomic mass is 32.2. The summed E-state index contributed by atoms with van der Waals surface area (Å²) < 4.78 is 0. The average molecular weight is 395 g/mol. The lowest BCUT2D eigenvalue weighted by Crippen LogP contribution is -2.59. The van der Waals surface area contributed by atoms with E-state index in [0.29, 0.717) is 12.8 Å². The molecule has 3 rings (SSSR count). The molecule has 26 heavy (non-hydrogen) atoms. The summed E-state index contributed by atoms with van der Waals surface area (Å²) in [5.74, 6) is 0.0967. The van der Waals surface area contributed by atoms with Crippen LogP contribution in [0.1, 0.15) is 37.7 Å². The second-order valence-electron chi connectivity index (χ2n) is 6.93. The van der Waals surface area contributed by atoms with Crippen molar-refractivity contribution in [2.75, 3.05) is 5.75 Å². The summed E-state index contributed by atoms with van der Waals surface area (Å²) >= 11 is 6.32. The number of amides is 1. The molecule has 0 spiro atoms. The van der Waals surface area contributed by atoms with Crippen LogP contribution in [0.2, 0.25) is 0 Å². The van der Waals surface area contributed by atoms with Crippen molar-refractivity contribution in [3.8, 4) is 0 Å². The van der Waals surface area contributed by atoms with Gasteiger partial charge in [-0.05, 0) is 49.8 Å². The number of hydrogen-bond acceptors (Lipinski definition) is 5. The Morgan fingerprint density at radius 1 is 1.23 bits per heavy atom. The number of nitrogens with one attached hydrogen (secondary N) is 1. The number of hydrogen-bond donors (Lipinski definition) is 3. The van der Waals surface area contributed by atoms with Crippen LogP contribution in [0.4, 0.5) is 0 Å². The van der Waals surface area contributed by atoms with E-state index in [2.05, 4.69) is 17.9 Å². The normalized spacial score (nSPS) is 27.8. The van der Waals surface area contributed by atoms with Gasteiger partial charge >= 0.3 is 5.97 Å². The lowest BCUT2D eigenvalue weighted by Gasteiger charge is -2.43. The van der Waals surface area contributed by atoms with Crippen molar-refractivity contribution in [3.05, 3.63) is 35.9 Å². The molecule has 0 radical (unpaired) electrons. The number of piperidine rings is 1. The number of carbonyl (C=O) groups excluding carboxylic acids is 1. The Morgan fingerprint density at radius 2 is 2.00 bits per heavy atom. The summed E-state index contributed by atoms with van der Waals surface area (Å²) in [5.41, 5.74) is 1.07. The van der Waals surface area contributed by atoms with Gasteiger partial charge < -0.3 is 10.4 Å². The van der Waals surface area contributed by atoms with E-state index in [9.17, 15) is 14.7 Å². The molecule has 5 nitrogen and oxygen atoms in total. The highest BCUT2D eigenvalue weighted by Crippen LogP contribution is 2.35. The summed E-state index contributed by atoms with van der Waals surface area (Å²) in [6, 6.07) is 9.30. The molecule has 4 atom stereocenters. The zero-order chi connectivity index (χ0) is 18.5. The quantitative estimate of drug-likeness (QED) is 0.670. The molecule has 1 unspecified atom stereocenters. The maximum atomic E-state index is 12.7. The fourth-order valence-corrected chi connectivity index (χ4v) is 5.50. The van der Waals surface area contributed by atoms with Crippen LogP contribution in [-0.4, -0.2) is 50.5 Å². The molecule has 142 valence electrons. The minimum absolute atomic E-state index is 0.123. The molecule has 2 heterocycles. The molecule has 0 aliphatic carbocycles. The van der Waals surface area contributed by atoms with Crippen LogP contribution < -0.4 is 5.32 Å². The first kappa shape index (κ1) is 19.6. The predicted octanol–water partition coefficient (Wildman–Crippen LogP) is 2.76. The van der Waals surface area contributed by atoms with Crippen molar-refractivity contribution >= 4 is 36.3 Å². The van der Waals surface area contributed by atoms with E-state index in [1.165, 1.54) is 0 Å². The van der Waals surface area contributed by atoms with Crippen molar-refractivity contribution in [1.82, 2.24) is 10.2 Å². The topological polar surface area (TPSA) is 69.6 Å². The lowest BCUT2D eigenvalue weighted by molar-refractivity contribution is -0.147. The summed E-state index contributed by atoms with van der Waals surface area (Å²) in [7, 11) is 0. The van der Waals surface area contributed by atoms with E-state index in [1.54, 1.807) is 0 Å². The van der Waals surface area contributed by atoms with Crippen LogP contribution in [0, 0.1) is 0 Å². The number of benzene rings is 1. The van der Waals surface area contributed by atoms with Gasteiger partial charge in [0, 0.05) is 0 Å². The van der Waals surface area contributed by atoms with Gasteiger partial charge in [-0.1, -0.05) is 30.3 Å². The molecule has 2 aliphatic heterocycles. The van der Waals surface area contributed by atoms with Gasteiger partial charge in [0.25, 0.3) is 0 Å². The van der Waals surface area contributed by atoms with Gasteiger partial charge in [0.05, 0.1) is 16.8 Å². The zero-order valence-corrected chi connectivity index (χ0v) is 16.4. The Morgan fingerprint density at radius 3 is 2.73 bits per heavy atom. The molecule has 2 fully saturated rings. The second kappa shape index (κ2) is 9.15. The van der Waals surface area contributed by atoms with E-state index < -0.39 is 17.3 Å². The van der Waals surface area contributed by atoms with Gasteiger partial charge in [-0.3, -0.25) is 14.5 Å². The first-order valence-electron chi connectivity index (χ1n) is 9.20. The first-order valence-corrected chi connectivity index (χ1v) is 10.8. The van der Waals surface area contributed by atoms with E-state index in [1.807, 2.05) is 47.0 Å². The Kier molecular flexibility index (Phi) is 6.89. The number of nitrogens with zero attached hydrogens (tertiary/aromatic N) is 1. The molecule has 2 saturated heterocycles. The minimum Gasteiger partial charge on any atom is -0.480 e. The third-order valence-corrected chi connectivity index (χ3v) is 6.89. The van der Waals surface area contributed by atoms with Gasteiger partial charge in [-0.25, -0.2) is 0 Å². The first-order chi connectivity index (χ1) is 12.6. The number of carboxylic acids is 1. The van der Waals surface area contributed by atoms with Crippen LogP contribution in [0.3, 0.4) is 0 Å². The van der Waals surface area contributed by atoms with Crippen LogP contribution >= 0.6 is 24.4 Å². The van der Waals surface area contributed by atoms with Crippen LogP contribution in [0.25, 0.3) is 0 Å². The maximum Gasteiger partial charge on any atom is 0.321 e. The molecule has 0 aromatic heterocycles. The summed E-state index contributed by atoms with van der Waals surface area (Å²) in [6.45, 7) is 0. The average Bonchev–Trinajstić information content (AvgIpc) is 2.84. The molecule has 1 aromatic rings. The van der Waals surface area contributed by atoms with Crippen molar-refractivity contribution < 1.29 is 14.7 Å². The third kappa shape index (κ3) is 4.75. The van der Waals surface area contributed by atoms with Gasteiger partial charge in [-0.2, -0.15) is 12.6 Å². The molecule has 0 bridgehead atoms. The number of fused-ring (bicyclic) bond motifs is 1. The molecule has 2 N–H and O–H groups in total. The van der Waals surface area contributed by atoms with Crippen molar-refractivity contribution in [2.45, 2.75) is 61.4 Å². The van der Waals surface area contributed by atoms with Gasteiger partial charge in [0.2, 0.25) is 5.91 Å². The number of aliphatic carboxylic acids is 1. The molecular formula is C19H26N2O3S2. The Bertz CT molecular complexity index is 628. The number of carboxylic acid groups (broad SMARTS) is 1. The maximum absolute atomic E-state index is 12.7. The fourth-order valence-electron chi connectivity index (χ4n) is 3.81. The Labute approximate surface area is 164 Å². The standard InChI is InChI=1S/C19H26N2O3S2/c22-18(15(25)12-13-6-2-1-3-7-13)20-16-9-5-11-26-17-10-4-8-14(19(23)24)21(16)17/h1-3,6-7,14-17,25H,4-5,8-12H2,(H,20,22)(H,23,24)/t14-,15-,16+,17?/m0/s1. The van der Waals surface area contributed by atoms with E-state index in [0.717, 1.165) is 37.0 Å². The molecule has 2 aliphatic rings. The largest absolute Gasteiger partial charge is 0.480 e.